The third-order valence-electron chi connectivity index (χ3n) is 2.16. The second-order valence-corrected chi connectivity index (χ2v) is 6.56. The summed E-state index contributed by atoms with van der Waals surface area (Å²) < 4.78 is 97.5. The first-order valence-corrected chi connectivity index (χ1v) is 7.29. The highest BCUT2D eigenvalue weighted by atomic mass is 28.4. The number of hydrogen-bond acceptors (Lipinski definition) is 2. The van der Waals surface area contributed by atoms with Gasteiger partial charge in [-0.25, -0.2) is 0 Å². The SMILES string of the molecule is CCO[Si](C)(OCC)C(F)(F)C(F)(F)C(F)(F)F. The largest absolute Gasteiger partial charge is 0.459 e. The van der Waals surface area contributed by atoms with Crippen LogP contribution in [0, 0.1) is 0 Å². The molecule has 0 saturated carbocycles. The predicted octanol–water partition coefficient (Wildman–Crippen LogP) is 3.50. The van der Waals surface area contributed by atoms with E-state index in [1.54, 1.807) is 0 Å². The van der Waals surface area contributed by atoms with Gasteiger partial charge >= 0.3 is 26.2 Å². The maximum absolute atomic E-state index is 13.5. The first kappa shape index (κ1) is 17.6. The van der Waals surface area contributed by atoms with Crippen LogP contribution in [0.4, 0.5) is 30.7 Å². The zero-order valence-corrected chi connectivity index (χ0v) is 10.9. The van der Waals surface area contributed by atoms with Gasteiger partial charge in [0, 0.05) is 13.2 Å². The summed E-state index contributed by atoms with van der Waals surface area (Å²) in [6.45, 7) is 1.98. The first-order chi connectivity index (χ1) is 7.87. The first-order valence-electron chi connectivity index (χ1n) is 4.97. The van der Waals surface area contributed by atoms with E-state index in [1.165, 1.54) is 13.8 Å². The van der Waals surface area contributed by atoms with Crippen molar-refractivity contribution in [1.82, 2.24) is 0 Å². The third kappa shape index (κ3) is 2.80. The molecule has 0 aromatic heterocycles. The van der Waals surface area contributed by atoms with Crippen LogP contribution in [0.15, 0.2) is 0 Å². The van der Waals surface area contributed by atoms with Crippen LogP contribution in [-0.2, 0) is 8.85 Å². The highest BCUT2D eigenvalue weighted by molar-refractivity contribution is 6.69. The van der Waals surface area contributed by atoms with Gasteiger partial charge in [-0.2, -0.15) is 30.7 Å². The van der Waals surface area contributed by atoms with Gasteiger partial charge in [-0.15, -0.1) is 0 Å². The summed E-state index contributed by atoms with van der Waals surface area (Å²) in [5.41, 5.74) is -5.43. The Morgan fingerprint density at radius 2 is 1.17 bits per heavy atom. The molecule has 0 atom stereocenters. The molecule has 0 aliphatic carbocycles. The summed E-state index contributed by atoms with van der Waals surface area (Å²) in [6, 6.07) is 0. The van der Waals surface area contributed by atoms with Gasteiger partial charge in [0.15, 0.2) is 0 Å². The molecule has 0 unspecified atom stereocenters. The lowest BCUT2D eigenvalue weighted by Crippen LogP contribution is -2.68. The minimum Gasteiger partial charge on any atom is -0.391 e. The van der Waals surface area contributed by atoms with Crippen molar-refractivity contribution >= 4 is 8.56 Å². The number of rotatable bonds is 6. The summed E-state index contributed by atoms with van der Waals surface area (Å²) in [4.78, 5) is 0. The van der Waals surface area contributed by atoms with Crippen LogP contribution in [0.5, 0.6) is 0 Å². The van der Waals surface area contributed by atoms with Crippen LogP contribution >= 0.6 is 0 Å². The smallest absolute Gasteiger partial charge is 0.391 e. The summed E-state index contributed by atoms with van der Waals surface area (Å²) in [6.07, 6.45) is -6.38. The fourth-order valence-corrected chi connectivity index (χ4v) is 3.50. The molecule has 0 spiro atoms. The molecule has 0 aliphatic heterocycles. The lowest BCUT2D eigenvalue weighted by molar-refractivity contribution is -0.340. The lowest BCUT2D eigenvalue weighted by Gasteiger charge is -2.38. The molecule has 0 bridgehead atoms. The Morgan fingerprint density at radius 1 is 0.833 bits per heavy atom. The van der Waals surface area contributed by atoms with Gasteiger partial charge in [-0.05, 0) is 20.4 Å². The summed E-state index contributed by atoms with van der Waals surface area (Å²) >= 11 is 0. The second-order valence-electron chi connectivity index (χ2n) is 3.46. The van der Waals surface area contributed by atoms with Gasteiger partial charge in [0.1, 0.15) is 0 Å². The zero-order valence-electron chi connectivity index (χ0n) is 9.88. The number of halogens is 7. The van der Waals surface area contributed by atoms with E-state index in [4.69, 9.17) is 0 Å². The Morgan fingerprint density at radius 3 is 1.39 bits per heavy atom. The summed E-state index contributed by atoms with van der Waals surface area (Å²) in [5, 5.41) is 0. The van der Waals surface area contributed by atoms with Crippen molar-refractivity contribution in [3.05, 3.63) is 0 Å². The van der Waals surface area contributed by atoms with Crippen molar-refractivity contribution in [2.24, 2.45) is 0 Å². The standard InChI is InChI=1S/C8H13F7O2Si/c1-4-16-18(3,17-5-2)8(14,15)6(9,10)7(11,12)13/h4-5H2,1-3H3. The molecule has 18 heavy (non-hydrogen) atoms. The van der Waals surface area contributed by atoms with E-state index in [2.05, 4.69) is 8.85 Å². The van der Waals surface area contributed by atoms with Crippen molar-refractivity contribution in [2.45, 2.75) is 38.0 Å². The Kier molecular flexibility index (Phi) is 5.23. The van der Waals surface area contributed by atoms with Crippen LogP contribution in [0.1, 0.15) is 13.8 Å². The van der Waals surface area contributed by atoms with Crippen molar-refractivity contribution < 1.29 is 39.6 Å². The Labute approximate surface area is 100 Å². The van der Waals surface area contributed by atoms with Crippen LogP contribution in [0.2, 0.25) is 6.55 Å². The molecule has 110 valence electrons. The molecule has 0 N–H and O–H groups in total. The fraction of sp³-hybridized carbons (Fsp3) is 1.00. The quantitative estimate of drug-likeness (QED) is 0.552. The molecular weight excluding hydrogens is 289 g/mol. The van der Waals surface area contributed by atoms with Crippen LogP contribution in [0.25, 0.3) is 0 Å². The average Bonchev–Trinajstić information content (AvgIpc) is 2.16. The van der Waals surface area contributed by atoms with Gasteiger partial charge in [-0.1, -0.05) is 0 Å². The minimum atomic E-state index is -6.38. The van der Waals surface area contributed by atoms with Gasteiger partial charge in [0.2, 0.25) is 0 Å². The van der Waals surface area contributed by atoms with Gasteiger partial charge in [0.25, 0.3) is 0 Å². The zero-order chi connectivity index (χ0) is 14.8. The van der Waals surface area contributed by atoms with E-state index in [9.17, 15) is 30.7 Å². The van der Waals surface area contributed by atoms with Crippen molar-refractivity contribution in [3.8, 4) is 0 Å². The van der Waals surface area contributed by atoms with Crippen LogP contribution in [0.3, 0.4) is 0 Å². The normalized spacial score (nSPS) is 15.0. The summed E-state index contributed by atoms with van der Waals surface area (Å²) in [7, 11) is -5.03. The predicted molar refractivity (Wildman–Crippen MR) is 50.8 cm³/mol. The third-order valence-corrected chi connectivity index (χ3v) is 5.29. The summed E-state index contributed by atoms with van der Waals surface area (Å²) in [5.74, 6) is -6.20. The van der Waals surface area contributed by atoms with Gasteiger partial charge < -0.3 is 8.85 Å². The maximum Gasteiger partial charge on any atom is 0.459 e. The Balaban J connectivity index is 5.56. The Bertz CT molecular complexity index is 273. The molecule has 0 amide bonds. The van der Waals surface area contributed by atoms with E-state index in [0.717, 1.165) is 0 Å². The van der Waals surface area contributed by atoms with E-state index in [1.807, 2.05) is 0 Å². The fourth-order valence-electron chi connectivity index (χ4n) is 1.24. The van der Waals surface area contributed by atoms with Crippen LogP contribution in [-0.4, -0.2) is 39.4 Å². The molecule has 10 heteroatoms. The molecule has 0 heterocycles. The number of hydrogen-bond donors (Lipinski definition) is 0. The van der Waals surface area contributed by atoms with E-state index < -0.39 is 39.4 Å². The molecule has 0 fully saturated rings. The molecule has 2 nitrogen and oxygen atoms in total. The van der Waals surface area contributed by atoms with E-state index >= 15 is 0 Å². The Hall–Kier alpha value is -0.353. The second kappa shape index (κ2) is 5.33. The topological polar surface area (TPSA) is 18.5 Å². The number of alkyl halides is 7. The highest BCUT2D eigenvalue weighted by Gasteiger charge is 2.81. The average molecular weight is 302 g/mol. The van der Waals surface area contributed by atoms with Gasteiger partial charge in [0.05, 0.1) is 0 Å². The minimum absolute atomic E-state index is 0.452. The monoisotopic (exact) mass is 302 g/mol. The molecule has 0 aliphatic rings. The molecule has 0 saturated heterocycles. The van der Waals surface area contributed by atoms with Crippen LogP contribution < -0.4 is 0 Å². The molecule has 0 radical (unpaired) electrons. The molecular formula is C8H13F7O2Si. The highest BCUT2D eigenvalue weighted by Crippen LogP contribution is 2.50. The molecule has 0 rings (SSSR count). The van der Waals surface area contributed by atoms with Gasteiger partial charge in [-0.3, -0.25) is 0 Å². The lowest BCUT2D eigenvalue weighted by atomic mass is 10.3. The van der Waals surface area contributed by atoms with Crippen molar-refractivity contribution in [1.29, 1.82) is 0 Å². The molecule has 0 aromatic rings. The van der Waals surface area contributed by atoms with Crippen molar-refractivity contribution in [3.63, 3.8) is 0 Å². The molecule has 0 aromatic carbocycles. The van der Waals surface area contributed by atoms with Crippen molar-refractivity contribution in [2.75, 3.05) is 13.2 Å². The van der Waals surface area contributed by atoms with E-state index in [-0.39, 0.29) is 0 Å². The maximum atomic E-state index is 13.5. The van der Waals surface area contributed by atoms with E-state index in [0.29, 0.717) is 6.55 Å².